The lowest BCUT2D eigenvalue weighted by Crippen LogP contribution is -2.29. The van der Waals surface area contributed by atoms with E-state index in [1.165, 1.54) is 5.56 Å². The molecule has 0 aromatic heterocycles. The molecule has 0 saturated carbocycles. The largest absolute Gasteiger partial charge is 0.546 e. The van der Waals surface area contributed by atoms with E-state index in [0.717, 1.165) is 6.42 Å². The van der Waals surface area contributed by atoms with Crippen LogP contribution in [0.1, 0.15) is 46.6 Å². The topological polar surface area (TPSA) is 49.4 Å². The van der Waals surface area contributed by atoms with E-state index in [1.807, 2.05) is 24.3 Å². The van der Waals surface area contributed by atoms with Crippen LogP contribution < -0.4 is 9.84 Å². The molecule has 0 atom stereocenters. The SMILES string of the molecule is CC(C)(C)CC(C)(C)c1ccc(OCC(=O)[O-])cc1. The Hall–Kier alpha value is -1.51. The average molecular weight is 263 g/mol. The molecule has 1 aromatic carbocycles. The van der Waals surface area contributed by atoms with Crippen LogP contribution in [0.2, 0.25) is 0 Å². The molecule has 0 radical (unpaired) electrons. The highest BCUT2D eigenvalue weighted by atomic mass is 16.5. The first-order valence-electron chi connectivity index (χ1n) is 6.53. The lowest BCUT2D eigenvalue weighted by Gasteiger charge is -2.33. The number of carbonyl (C=O) groups is 1. The second kappa shape index (κ2) is 5.64. The van der Waals surface area contributed by atoms with Crippen molar-refractivity contribution in [2.24, 2.45) is 5.41 Å². The van der Waals surface area contributed by atoms with Crippen molar-refractivity contribution in [3.05, 3.63) is 29.8 Å². The van der Waals surface area contributed by atoms with Crippen LogP contribution in [0.25, 0.3) is 0 Å². The molecule has 0 bridgehead atoms. The Balaban J connectivity index is 2.77. The molecule has 0 spiro atoms. The van der Waals surface area contributed by atoms with Crippen LogP contribution in [0.15, 0.2) is 24.3 Å². The van der Waals surface area contributed by atoms with E-state index in [-0.39, 0.29) is 10.8 Å². The fourth-order valence-corrected chi connectivity index (χ4v) is 2.57. The number of carboxylic acids is 1. The summed E-state index contributed by atoms with van der Waals surface area (Å²) in [7, 11) is 0. The predicted molar refractivity (Wildman–Crippen MR) is 74.0 cm³/mol. The molecule has 0 aliphatic heterocycles. The maximum Gasteiger partial charge on any atom is 0.128 e. The zero-order valence-corrected chi connectivity index (χ0v) is 12.4. The van der Waals surface area contributed by atoms with E-state index in [9.17, 15) is 9.90 Å². The van der Waals surface area contributed by atoms with Gasteiger partial charge >= 0.3 is 0 Å². The van der Waals surface area contributed by atoms with Gasteiger partial charge in [-0.1, -0.05) is 46.8 Å². The molecule has 0 heterocycles. The maximum absolute atomic E-state index is 10.3. The van der Waals surface area contributed by atoms with Gasteiger partial charge in [0.2, 0.25) is 0 Å². The van der Waals surface area contributed by atoms with Gasteiger partial charge in [0, 0.05) is 0 Å². The molecule has 0 N–H and O–H groups in total. The van der Waals surface area contributed by atoms with Crippen molar-refractivity contribution >= 4 is 5.97 Å². The minimum Gasteiger partial charge on any atom is -0.546 e. The number of hydrogen-bond donors (Lipinski definition) is 0. The van der Waals surface area contributed by atoms with Crippen LogP contribution in [0.5, 0.6) is 5.75 Å². The minimum atomic E-state index is -1.21. The van der Waals surface area contributed by atoms with Crippen molar-refractivity contribution in [3.8, 4) is 5.75 Å². The van der Waals surface area contributed by atoms with E-state index in [1.54, 1.807) is 0 Å². The summed E-state index contributed by atoms with van der Waals surface area (Å²) in [4.78, 5) is 10.3. The molecule has 1 aromatic rings. The third kappa shape index (κ3) is 5.33. The summed E-state index contributed by atoms with van der Waals surface area (Å²) in [5, 5.41) is 10.3. The fraction of sp³-hybridized carbons (Fsp3) is 0.562. The molecule has 0 aliphatic rings. The Morgan fingerprint density at radius 1 is 1.11 bits per heavy atom. The van der Waals surface area contributed by atoms with Crippen molar-refractivity contribution in [2.45, 2.75) is 46.5 Å². The molecule has 0 fully saturated rings. The summed E-state index contributed by atoms with van der Waals surface area (Å²) in [5.74, 6) is -0.656. The average Bonchev–Trinajstić information content (AvgIpc) is 2.23. The molecular formula is C16H23O3-. The van der Waals surface area contributed by atoms with Gasteiger partial charge in [0.25, 0.3) is 0 Å². The van der Waals surface area contributed by atoms with Gasteiger partial charge in [-0.05, 0) is 34.9 Å². The van der Waals surface area contributed by atoms with Crippen molar-refractivity contribution in [3.63, 3.8) is 0 Å². The van der Waals surface area contributed by atoms with Gasteiger partial charge in [-0.25, -0.2) is 0 Å². The number of ether oxygens (including phenoxy) is 1. The molecule has 19 heavy (non-hydrogen) atoms. The third-order valence-electron chi connectivity index (χ3n) is 2.96. The summed E-state index contributed by atoms with van der Waals surface area (Å²) in [6, 6.07) is 7.61. The van der Waals surface area contributed by atoms with Crippen molar-refractivity contribution < 1.29 is 14.6 Å². The second-order valence-corrected chi connectivity index (χ2v) is 6.81. The van der Waals surface area contributed by atoms with E-state index < -0.39 is 12.6 Å². The van der Waals surface area contributed by atoms with E-state index in [0.29, 0.717) is 5.75 Å². The smallest absolute Gasteiger partial charge is 0.128 e. The van der Waals surface area contributed by atoms with Crippen LogP contribution in [-0.2, 0) is 10.2 Å². The number of carbonyl (C=O) groups excluding carboxylic acids is 1. The Labute approximate surface area is 115 Å². The van der Waals surface area contributed by atoms with Crippen LogP contribution in [0.4, 0.5) is 0 Å². The van der Waals surface area contributed by atoms with E-state index >= 15 is 0 Å². The van der Waals surface area contributed by atoms with Crippen LogP contribution in [0, 0.1) is 5.41 Å². The van der Waals surface area contributed by atoms with Crippen molar-refractivity contribution in [1.82, 2.24) is 0 Å². The molecule has 0 unspecified atom stereocenters. The Bertz CT molecular complexity index is 424. The number of hydrogen-bond acceptors (Lipinski definition) is 3. The van der Waals surface area contributed by atoms with E-state index in [4.69, 9.17) is 4.74 Å². The monoisotopic (exact) mass is 263 g/mol. The minimum absolute atomic E-state index is 0.0745. The van der Waals surface area contributed by atoms with Gasteiger partial charge in [0.1, 0.15) is 12.4 Å². The Morgan fingerprint density at radius 3 is 2.05 bits per heavy atom. The summed E-state index contributed by atoms with van der Waals surface area (Å²) in [6.45, 7) is 10.7. The van der Waals surface area contributed by atoms with Gasteiger partial charge in [0.15, 0.2) is 0 Å². The quantitative estimate of drug-likeness (QED) is 0.820. The fourth-order valence-electron chi connectivity index (χ4n) is 2.57. The second-order valence-electron chi connectivity index (χ2n) is 6.81. The standard InChI is InChI=1S/C16H24O3/c1-15(2,3)11-16(4,5)12-6-8-13(9-7-12)19-10-14(17)18/h6-9H,10-11H2,1-5H3,(H,17,18)/p-1. The lowest BCUT2D eigenvalue weighted by molar-refractivity contribution is -0.307. The summed E-state index contributed by atoms with van der Waals surface area (Å²) < 4.78 is 5.07. The van der Waals surface area contributed by atoms with Gasteiger partial charge in [-0.15, -0.1) is 0 Å². The first-order chi connectivity index (χ1) is 8.60. The highest BCUT2D eigenvalue weighted by Crippen LogP contribution is 2.36. The van der Waals surface area contributed by atoms with Gasteiger partial charge in [-0.2, -0.15) is 0 Å². The zero-order valence-electron chi connectivity index (χ0n) is 12.4. The maximum atomic E-state index is 10.3. The van der Waals surface area contributed by atoms with Crippen LogP contribution >= 0.6 is 0 Å². The first-order valence-corrected chi connectivity index (χ1v) is 6.53. The van der Waals surface area contributed by atoms with Crippen LogP contribution in [-0.4, -0.2) is 12.6 Å². The number of benzene rings is 1. The normalized spacial score (nSPS) is 12.3. The van der Waals surface area contributed by atoms with Crippen molar-refractivity contribution in [1.29, 1.82) is 0 Å². The molecule has 0 saturated heterocycles. The first kappa shape index (κ1) is 15.5. The molecule has 0 aliphatic carbocycles. The Morgan fingerprint density at radius 2 is 1.63 bits per heavy atom. The summed E-state index contributed by atoms with van der Waals surface area (Å²) >= 11 is 0. The van der Waals surface area contributed by atoms with Gasteiger partial charge in [-0.3, -0.25) is 0 Å². The Kier molecular flexibility index (Phi) is 4.61. The lowest BCUT2D eigenvalue weighted by atomic mass is 9.72. The highest BCUT2D eigenvalue weighted by Gasteiger charge is 2.27. The van der Waals surface area contributed by atoms with E-state index in [2.05, 4.69) is 34.6 Å². The summed E-state index contributed by atoms with van der Waals surface area (Å²) in [6.07, 6.45) is 1.07. The highest BCUT2D eigenvalue weighted by molar-refractivity contribution is 5.66. The third-order valence-corrected chi connectivity index (χ3v) is 2.96. The van der Waals surface area contributed by atoms with Gasteiger partial charge < -0.3 is 14.6 Å². The molecule has 3 nitrogen and oxygen atoms in total. The van der Waals surface area contributed by atoms with Gasteiger partial charge in [0.05, 0.1) is 5.97 Å². The van der Waals surface area contributed by atoms with Crippen LogP contribution in [0.3, 0.4) is 0 Å². The molecule has 1 rings (SSSR count). The molecule has 3 heteroatoms. The number of aliphatic carboxylic acids is 1. The number of carboxylic acid groups (broad SMARTS) is 1. The molecule has 106 valence electrons. The molecule has 0 amide bonds. The summed E-state index contributed by atoms with van der Waals surface area (Å²) in [5.41, 5.74) is 1.56. The number of rotatable bonds is 5. The zero-order chi connectivity index (χ0) is 14.7. The predicted octanol–water partition coefficient (Wildman–Crippen LogP) is 2.53. The molecular weight excluding hydrogens is 240 g/mol. The van der Waals surface area contributed by atoms with Crippen molar-refractivity contribution in [2.75, 3.05) is 6.61 Å².